The van der Waals surface area contributed by atoms with Gasteiger partial charge in [0.15, 0.2) is 5.11 Å². The molecule has 1 aromatic carbocycles. The van der Waals surface area contributed by atoms with Gasteiger partial charge in [0, 0.05) is 14.0 Å². The first kappa shape index (κ1) is 19.2. The molecule has 26 heavy (non-hydrogen) atoms. The molecule has 2 amide bonds. The predicted molar refractivity (Wildman–Crippen MR) is 117 cm³/mol. The van der Waals surface area contributed by atoms with Crippen LogP contribution in [0, 0.1) is 9.49 Å². The van der Waals surface area contributed by atoms with Crippen molar-refractivity contribution in [2.24, 2.45) is 11.7 Å². The fourth-order valence-electron chi connectivity index (χ4n) is 3.01. The molecule has 3 rings (SSSR count). The number of thiocarbonyl (C=S) groups is 1. The van der Waals surface area contributed by atoms with E-state index in [0.717, 1.165) is 28.4 Å². The summed E-state index contributed by atoms with van der Waals surface area (Å²) in [6, 6.07) is 7.18. The number of rotatable bonds is 3. The second-order valence-electron chi connectivity index (χ2n) is 6.34. The van der Waals surface area contributed by atoms with Gasteiger partial charge >= 0.3 is 0 Å². The van der Waals surface area contributed by atoms with Crippen LogP contribution < -0.4 is 16.4 Å². The number of benzene rings is 1. The van der Waals surface area contributed by atoms with Crippen LogP contribution in [0.5, 0.6) is 0 Å². The van der Waals surface area contributed by atoms with E-state index >= 15 is 0 Å². The van der Waals surface area contributed by atoms with Crippen LogP contribution in [0.1, 0.15) is 44.5 Å². The maximum atomic E-state index is 12.3. The molecule has 1 atom stereocenters. The first-order valence-electron chi connectivity index (χ1n) is 8.17. The zero-order valence-electron chi connectivity index (χ0n) is 14.1. The summed E-state index contributed by atoms with van der Waals surface area (Å²) in [5, 5.41) is 6.42. The van der Waals surface area contributed by atoms with Gasteiger partial charge in [-0.25, -0.2) is 0 Å². The number of primary amides is 1. The highest BCUT2D eigenvalue weighted by Crippen LogP contribution is 2.39. The molecule has 2 aromatic rings. The van der Waals surface area contributed by atoms with Gasteiger partial charge in [-0.1, -0.05) is 6.92 Å². The van der Waals surface area contributed by atoms with E-state index in [1.54, 1.807) is 12.1 Å². The number of anilines is 1. The summed E-state index contributed by atoms with van der Waals surface area (Å²) in [6.45, 7) is 2.20. The summed E-state index contributed by atoms with van der Waals surface area (Å²) in [6.07, 6.45) is 2.82. The summed E-state index contributed by atoms with van der Waals surface area (Å²) in [7, 11) is 0. The number of nitrogens with two attached hydrogens (primary N) is 1. The van der Waals surface area contributed by atoms with Crippen molar-refractivity contribution < 1.29 is 9.59 Å². The van der Waals surface area contributed by atoms with Gasteiger partial charge in [-0.3, -0.25) is 14.9 Å². The molecule has 1 aliphatic rings. The van der Waals surface area contributed by atoms with E-state index in [9.17, 15) is 9.59 Å². The number of carbonyl (C=O) groups excluding carboxylic acids is 2. The predicted octanol–water partition coefficient (Wildman–Crippen LogP) is 3.70. The van der Waals surface area contributed by atoms with Crippen molar-refractivity contribution in [1.82, 2.24) is 5.32 Å². The monoisotopic (exact) mass is 499 g/mol. The minimum absolute atomic E-state index is 0.155. The highest BCUT2D eigenvalue weighted by atomic mass is 127. The molecule has 136 valence electrons. The van der Waals surface area contributed by atoms with E-state index in [1.165, 1.54) is 16.2 Å². The van der Waals surface area contributed by atoms with Crippen LogP contribution >= 0.6 is 46.1 Å². The molecule has 1 heterocycles. The Morgan fingerprint density at radius 3 is 2.65 bits per heavy atom. The number of nitrogens with one attached hydrogen (secondary N) is 2. The molecule has 0 spiro atoms. The van der Waals surface area contributed by atoms with Gasteiger partial charge in [0.2, 0.25) is 0 Å². The van der Waals surface area contributed by atoms with Crippen molar-refractivity contribution in [2.75, 3.05) is 5.32 Å². The standard InChI is InChI=1S/C18H18IN3O2S2/c1-9-2-7-12-13(8-9)26-17(14(12)15(20)23)22-18(25)21-16(24)10-3-5-11(19)6-4-10/h3-6,9H,2,7-8H2,1H3,(H2,20,23)(H2,21,22,24,25)/t9-/m0/s1. The molecular formula is C18H18IN3O2S2. The normalized spacial score (nSPS) is 15.8. The van der Waals surface area contributed by atoms with Crippen LogP contribution in [0.25, 0.3) is 0 Å². The molecule has 0 radical (unpaired) electrons. The van der Waals surface area contributed by atoms with Crippen molar-refractivity contribution in [3.05, 3.63) is 49.4 Å². The first-order chi connectivity index (χ1) is 12.3. The maximum Gasteiger partial charge on any atom is 0.257 e. The molecule has 4 N–H and O–H groups in total. The topological polar surface area (TPSA) is 84.2 Å². The highest BCUT2D eigenvalue weighted by molar-refractivity contribution is 14.1. The lowest BCUT2D eigenvalue weighted by atomic mass is 9.88. The van der Waals surface area contributed by atoms with Crippen molar-refractivity contribution >= 4 is 68.1 Å². The molecule has 0 unspecified atom stereocenters. The zero-order chi connectivity index (χ0) is 18.8. The van der Waals surface area contributed by atoms with Crippen molar-refractivity contribution in [1.29, 1.82) is 0 Å². The van der Waals surface area contributed by atoms with E-state index in [-0.39, 0.29) is 11.0 Å². The number of carbonyl (C=O) groups is 2. The molecule has 0 saturated carbocycles. The molecule has 0 saturated heterocycles. The van der Waals surface area contributed by atoms with Gasteiger partial charge in [0.1, 0.15) is 5.00 Å². The van der Waals surface area contributed by atoms with E-state index in [4.69, 9.17) is 18.0 Å². The van der Waals surface area contributed by atoms with Crippen molar-refractivity contribution in [3.63, 3.8) is 0 Å². The fourth-order valence-corrected chi connectivity index (χ4v) is 5.05. The summed E-state index contributed by atoms with van der Waals surface area (Å²) in [4.78, 5) is 25.4. The Kier molecular flexibility index (Phi) is 5.93. The van der Waals surface area contributed by atoms with Gasteiger partial charge in [-0.15, -0.1) is 11.3 Å². The Labute approximate surface area is 174 Å². The van der Waals surface area contributed by atoms with Crippen LogP contribution in [-0.4, -0.2) is 16.9 Å². The average Bonchev–Trinajstić information content (AvgIpc) is 2.91. The molecule has 5 nitrogen and oxygen atoms in total. The SMILES string of the molecule is C[C@H]1CCc2c(sc(NC(=S)NC(=O)c3ccc(I)cc3)c2C(N)=O)C1. The number of amides is 2. The smallest absolute Gasteiger partial charge is 0.257 e. The van der Waals surface area contributed by atoms with Gasteiger partial charge in [-0.05, 0) is 89.8 Å². The third-order valence-electron chi connectivity index (χ3n) is 4.32. The largest absolute Gasteiger partial charge is 0.365 e. The fraction of sp³-hybridized carbons (Fsp3) is 0.278. The number of thiophene rings is 1. The van der Waals surface area contributed by atoms with E-state index < -0.39 is 5.91 Å². The lowest BCUT2D eigenvalue weighted by molar-refractivity contribution is 0.0975. The number of hydrogen-bond donors (Lipinski definition) is 3. The third-order valence-corrected chi connectivity index (χ3v) is 6.41. The molecular weight excluding hydrogens is 481 g/mol. The van der Waals surface area contributed by atoms with E-state index in [0.29, 0.717) is 22.0 Å². The lowest BCUT2D eigenvalue weighted by Gasteiger charge is -2.18. The van der Waals surface area contributed by atoms with Gasteiger partial charge in [0.05, 0.1) is 5.56 Å². The Morgan fingerprint density at radius 2 is 2.00 bits per heavy atom. The lowest BCUT2D eigenvalue weighted by Crippen LogP contribution is -2.34. The van der Waals surface area contributed by atoms with Crippen molar-refractivity contribution in [3.8, 4) is 0 Å². The van der Waals surface area contributed by atoms with Crippen LogP contribution in [0.15, 0.2) is 24.3 Å². The summed E-state index contributed by atoms with van der Waals surface area (Å²) >= 11 is 8.93. The second kappa shape index (κ2) is 8.01. The van der Waals surface area contributed by atoms with Crippen LogP contribution in [-0.2, 0) is 12.8 Å². The van der Waals surface area contributed by atoms with Crippen LogP contribution in [0.3, 0.4) is 0 Å². The first-order valence-corrected chi connectivity index (χ1v) is 10.5. The van der Waals surface area contributed by atoms with Crippen LogP contribution in [0.2, 0.25) is 0 Å². The number of fused-ring (bicyclic) bond motifs is 1. The third kappa shape index (κ3) is 4.24. The molecule has 1 aromatic heterocycles. The van der Waals surface area contributed by atoms with Crippen LogP contribution in [0.4, 0.5) is 5.00 Å². The molecule has 0 bridgehead atoms. The Hall–Kier alpha value is -1.52. The summed E-state index contributed by atoms with van der Waals surface area (Å²) in [5.41, 5.74) is 7.64. The second-order valence-corrected chi connectivity index (χ2v) is 9.09. The summed E-state index contributed by atoms with van der Waals surface area (Å²) in [5.74, 6) is -0.178. The van der Waals surface area contributed by atoms with Gasteiger partial charge in [0.25, 0.3) is 11.8 Å². The Balaban J connectivity index is 1.76. The number of hydrogen-bond acceptors (Lipinski definition) is 4. The average molecular weight is 499 g/mol. The Morgan fingerprint density at radius 1 is 1.31 bits per heavy atom. The highest BCUT2D eigenvalue weighted by Gasteiger charge is 2.27. The quantitative estimate of drug-likeness (QED) is 0.444. The minimum Gasteiger partial charge on any atom is -0.365 e. The molecule has 8 heteroatoms. The molecule has 0 aliphatic heterocycles. The molecule has 0 fully saturated rings. The van der Waals surface area contributed by atoms with E-state index in [2.05, 4.69) is 40.1 Å². The zero-order valence-corrected chi connectivity index (χ0v) is 17.9. The molecule has 1 aliphatic carbocycles. The van der Waals surface area contributed by atoms with Crippen molar-refractivity contribution in [2.45, 2.75) is 26.2 Å². The number of halogens is 1. The van der Waals surface area contributed by atoms with E-state index in [1.807, 2.05) is 12.1 Å². The Bertz CT molecular complexity index is 877. The summed E-state index contributed by atoms with van der Waals surface area (Å²) < 4.78 is 1.05. The maximum absolute atomic E-state index is 12.3. The van der Waals surface area contributed by atoms with Gasteiger partial charge in [-0.2, -0.15) is 0 Å². The van der Waals surface area contributed by atoms with Gasteiger partial charge < -0.3 is 11.1 Å². The minimum atomic E-state index is -0.466.